The molecule has 1 saturated carbocycles. The lowest BCUT2D eigenvalue weighted by Crippen LogP contribution is -2.56. The molecular weight excluding hydrogens is 226 g/mol. The summed E-state index contributed by atoms with van der Waals surface area (Å²) in [6, 6.07) is 2.60. The van der Waals surface area contributed by atoms with E-state index in [0.29, 0.717) is 12.0 Å². The molecule has 1 unspecified atom stereocenters. The molecule has 0 aromatic carbocycles. The van der Waals surface area contributed by atoms with Gasteiger partial charge in [-0.15, -0.1) is 0 Å². The molecule has 1 atom stereocenters. The van der Waals surface area contributed by atoms with E-state index >= 15 is 0 Å². The highest BCUT2D eigenvalue weighted by Crippen LogP contribution is 2.29. The fourth-order valence-electron chi connectivity index (χ4n) is 3.32. The first-order chi connectivity index (χ1) is 8.73. The van der Waals surface area contributed by atoms with Crippen LogP contribution in [-0.4, -0.2) is 56.4 Å². The molecule has 1 aliphatic carbocycles. The highest BCUT2D eigenvalue weighted by molar-refractivity contribution is 5.36. The van der Waals surface area contributed by atoms with Gasteiger partial charge in [0.2, 0.25) is 0 Å². The van der Waals surface area contributed by atoms with Crippen molar-refractivity contribution < 1.29 is 9.22 Å². The molecule has 2 aliphatic rings. The van der Waals surface area contributed by atoms with Gasteiger partial charge in [0.05, 0.1) is 26.3 Å². The average molecular weight is 252 g/mol. The minimum atomic E-state index is 0.297. The number of aliphatic imine (C=N–C) groups is 1. The second-order valence-corrected chi connectivity index (χ2v) is 6.07. The van der Waals surface area contributed by atoms with E-state index in [9.17, 15) is 0 Å². The summed E-state index contributed by atoms with van der Waals surface area (Å²) in [5, 5.41) is 7.18. The van der Waals surface area contributed by atoms with E-state index in [1.165, 1.54) is 32.1 Å². The molecule has 0 aromatic rings. The molecule has 0 aromatic heterocycles. The third-order valence-corrected chi connectivity index (χ3v) is 4.60. The van der Waals surface area contributed by atoms with Crippen LogP contribution in [-0.2, 0) is 4.74 Å². The number of rotatable bonds is 4. The third kappa shape index (κ3) is 3.64. The van der Waals surface area contributed by atoms with E-state index in [1.807, 2.05) is 0 Å². The first-order valence-corrected chi connectivity index (χ1v) is 7.26. The van der Waals surface area contributed by atoms with Gasteiger partial charge < -0.3 is 9.22 Å². The van der Waals surface area contributed by atoms with Crippen LogP contribution in [0.3, 0.4) is 0 Å². The van der Waals surface area contributed by atoms with Crippen LogP contribution in [0.15, 0.2) is 4.99 Å². The van der Waals surface area contributed by atoms with Crippen molar-refractivity contribution in [2.45, 2.75) is 38.1 Å². The molecule has 1 N–H and O–H groups in total. The Morgan fingerprint density at radius 1 is 1.28 bits per heavy atom. The van der Waals surface area contributed by atoms with Gasteiger partial charge in [0.15, 0.2) is 0 Å². The van der Waals surface area contributed by atoms with E-state index in [2.05, 4.69) is 18.0 Å². The topological polar surface area (TPSA) is 45.4 Å². The van der Waals surface area contributed by atoms with Gasteiger partial charge >= 0.3 is 0 Å². The molecule has 4 heteroatoms. The van der Waals surface area contributed by atoms with Gasteiger partial charge in [-0.3, -0.25) is 0 Å². The van der Waals surface area contributed by atoms with Crippen molar-refractivity contribution in [2.24, 2.45) is 10.9 Å². The molecule has 1 aliphatic heterocycles. The van der Waals surface area contributed by atoms with E-state index in [4.69, 9.17) is 10.1 Å². The second kappa shape index (κ2) is 6.46. The summed E-state index contributed by atoms with van der Waals surface area (Å²) in [4.78, 5) is 4.35. The average Bonchev–Trinajstić information content (AvgIpc) is 2.40. The molecule has 0 radical (unpaired) electrons. The highest BCUT2D eigenvalue weighted by Gasteiger charge is 2.33. The quantitative estimate of drug-likeness (QED) is 0.605. The summed E-state index contributed by atoms with van der Waals surface area (Å²) < 4.78 is 6.50. The fraction of sp³-hybridized carbons (Fsp3) is 0.929. The van der Waals surface area contributed by atoms with Crippen molar-refractivity contribution in [1.29, 1.82) is 5.41 Å². The minimum Gasteiger partial charge on any atom is -0.370 e. The van der Waals surface area contributed by atoms with Crippen LogP contribution < -0.4 is 0 Å². The Bertz CT molecular complexity index is 300. The van der Waals surface area contributed by atoms with Gasteiger partial charge in [0, 0.05) is 0 Å². The number of morpholine rings is 1. The Morgan fingerprint density at radius 2 is 1.94 bits per heavy atom. The molecule has 1 saturated heterocycles. The number of likely N-dealkylation sites (N-methyl/N-ethyl adjacent to an activating group) is 1. The highest BCUT2D eigenvalue weighted by atomic mass is 16.5. The lowest BCUT2D eigenvalue weighted by molar-refractivity contribution is -0.918. The maximum Gasteiger partial charge on any atom is 0.113 e. The van der Waals surface area contributed by atoms with Crippen LogP contribution in [0.5, 0.6) is 0 Å². The SMILES string of the molecule is C[N+]1(CC(N=C=N)C2CCCCC2)CCOCC1. The molecule has 4 nitrogen and oxygen atoms in total. The molecule has 1 heterocycles. The van der Waals surface area contributed by atoms with E-state index < -0.39 is 0 Å². The van der Waals surface area contributed by atoms with Gasteiger partial charge in [-0.1, -0.05) is 19.3 Å². The molecular formula is C14H26N3O+. The Morgan fingerprint density at radius 3 is 2.56 bits per heavy atom. The molecule has 0 bridgehead atoms. The van der Waals surface area contributed by atoms with E-state index in [-0.39, 0.29) is 0 Å². The summed E-state index contributed by atoms with van der Waals surface area (Å²) in [5.74, 6) is 0.675. The smallest absolute Gasteiger partial charge is 0.113 e. The van der Waals surface area contributed by atoms with Crippen LogP contribution in [0.1, 0.15) is 32.1 Å². The number of hydrogen-bond acceptors (Lipinski definition) is 3. The second-order valence-electron chi connectivity index (χ2n) is 6.07. The standard InChI is InChI=1S/C14H26N3O/c1-17(7-9-18-10-8-17)11-14(16-12-15)13-5-3-2-4-6-13/h13-15H,2-11H2,1H3/q+1. The molecule has 0 amide bonds. The third-order valence-electron chi connectivity index (χ3n) is 4.60. The van der Waals surface area contributed by atoms with Crippen molar-refractivity contribution in [2.75, 3.05) is 39.9 Å². The van der Waals surface area contributed by atoms with Gasteiger partial charge in [-0.25, -0.2) is 10.4 Å². The predicted molar refractivity (Wildman–Crippen MR) is 72.1 cm³/mol. The fourth-order valence-corrected chi connectivity index (χ4v) is 3.32. The Balaban J connectivity index is 1.98. The maximum atomic E-state index is 7.18. The first-order valence-electron chi connectivity index (χ1n) is 7.26. The van der Waals surface area contributed by atoms with Gasteiger partial charge in [-0.05, 0) is 18.8 Å². The van der Waals surface area contributed by atoms with Crippen molar-refractivity contribution in [3.05, 3.63) is 0 Å². The monoisotopic (exact) mass is 252 g/mol. The summed E-state index contributed by atoms with van der Waals surface area (Å²) in [7, 11) is 2.30. The normalized spacial score (nSPS) is 26.3. The van der Waals surface area contributed by atoms with Crippen molar-refractivity contribution in [3.63, 3.8) is 0 Å². The summed E-state index contributed by atoms with van der Waals surface area (Å²) in [6.45, 7) is 4.94. The summed E-state index contributed by atoms with van der Waals surface area (Å²) >= 11 is 0. The van der Waals surface area contributed by atoms with Crippen LogP contribution >= 0.6 is 0 Å². The zero-order chi connectivity index (χ0) is 12.8. The zero-order valence-electron chi connectivity index (χ0n) is 11.5. The van der Waals surface area contributed by atoms with Crippen LogP contribution in [0.25, 0.3) is 0 Å². The molecule has 2 rings (SSSR count). The van der Waals surface area contributed by atoms with Crippen LogP contribution in [0.4, 0.5) is 0 Å². The van der Waals surface area contributed by atoms with Crippen LogP contribution in [0, 0.1) is 11.3 Å². The number of nitrogens with zero attached hydrogens (tertiary/aromatic N) is 2. The van der Waals surface area contributed by atoms with Crippen LogP contribution in [0.2, 0.25) is 0 Å². The lowest BCUT2D eigenvalue weighted by atomic mass is 9.83. The Hall–Kier alpha value is -0.700. The lowest BCUT2D eigenvalue weighted by Gasteiger charge is -2.40. The molecule has 0 spiro atoms. The minimum absolute atomic E-state index is 0.297. The molecule has 18 heavy (non-hydrogen) atoms. The number of nitrogens with one attached hydrogen (secondary N) is 1. The van der Waals surface area contributed by atoms with E-state index in [0.717, 1.165) is 37.3 Å². The Kier molecular flexibility index (Phi) is 4.93. The van der Waals surface area contributed by atoms with Gasteiger partial charge in [-0.2, -0.15) is 0 Å². The van der Waals surface area contributed by atoms with Crippen molar-refractivity contribution in [1.82, 2.24) is 0 Å². The molecule has 2 fully saturated rings. The summed E-state index contributed by atoms with van der Waals surface area (Å²) in [5.41, 5.74) is 0. The van der Waals surface area contributed by atoms with Gasteiger partial charge in [0.25, 0.3) is 0 Å². The first kappa shape index (κ1) is 13.7. The largest absolute Gasteiger partial charge is 0.370 e. The number of quaternary nitrogens is 1. The van der Waals surface area contributed by atoms with Crippen molar-refractivity contribution >= 4 is 6.01 Å². The Labute approximate surface area is 110 Å². The number of hydrogen-bond donors (Lipinski definition) is 1. The number of ether oxygens (including phenoxy) is 1. The van der Waals surface area contributed by atoms with Gasteiger partial charge in [0.1, 0.15) is 25.7 Å². The van der Waals surface area contributed by atoms with E-state index in [1.54, 1.807) is 0 Å². The zero-order valence-corrected chi connectivity index (χ0v) is 11.5. The molecule has 102 valence electrons. The maximum absolute atomic E-state index is 7.18. The summed E-state index contributed by atoms with van der Waals surface area (Å²) in [6.07, 6.45) is 6.61. The predicted octanol–water partition coefficient (Wildman–Crippen LogP) is 2.16. The van der Waals surface area contributed by atoms with Crippen molar-refractivity contribution in [3.8, 4) is 0 Å².